The molecule has 3 fully saturated rings. The Kier molecular flexibility index (Phi) is 14.1. The molecule has 226 valence electrons. The van der Waals surface area contributed by atoms with Crippen molar-refractivity contribution in [3.05, 3.63) is 12.2 Å². The van der Waals surface area contributed by atoms with Crippen molar-refractivity contribution < 1.29 is 42.7 Å². The Morgan fingerprint density at radius 2 is 1.62 bits per heavy atom. The number of unbranched alkanes of at least 4 members (excludes halogenated alkanes) is 4. The normalized spacial score (nSPS) is 31.1. The lowest BCUT2D eigenvalue weighted by Crippen LogP contribution is -2.33. The van der Waals surface area contributed by atoms with Crippen molar-refractivity contribution in [2.24, 2.45) is 11.8 Å². The van der Waals surface area contributed by atoms with E-state index in [0.717, 1.165) is 64.2 Å². The highest BCUT2D eigenvalue weighted by Crippen LogP contribution is 2.43. The van der Waals surface area contributed by atoms with Gasteiger partial charge < -0.3 is 29.2 Å². The van der Waals surface area contributed by atoms with Gasteiger partial charge in [0.15, 0.2) is 12.6 Å². The third kappa shape index (κ3) is 11.0. The highest BCUT2D eigenvalue weighted by atomic mass is 19.3. The van der Waals surface area contributed by atoms with E-state index in [1.165, 1.54) is 6.08 Å². The fourth-order valence-electron chi connectivity index (χ4n) is 6.00. The SMILES string of the molecule is CCCCC(F)(F)C(O)/C=C/[C@@H]1[C@@H](CCCCCCC(=O)O)[C@@H](OC2CCCCO2)C[C@H]1OC1CCCCO1. The van der Waals surface area contributed by atoms with Gasteiger partial charge in [-0.05, 0) is 63.7 Å². The van der Waals surface area contributed by atoms with Crippen LogP contribution in [0.25, 0.3) is 0 Å². The van der Waals surface area contributed by atoms with Crippen LogP contribution in [0.5, 0.6) is 0 Å². The molecule has 0 aromatic rings. The zero-order valence-corrected chi connectivity index (χ0v) is 23.6. The number of carboxylic acids is 1. The van der Waals surface area contributed by atoms with Crippen LogP contribution in [0.4, 0.5) is 8.78 Å². The minimum Gasteiger partial charge on any atom is -0.481 e. The quantitative estimate of drug-likeness (QED) is 0.153. The second-order valence-electron chi connectivity index (χ2n) is 11.5. The lowest BCUT2D eigenvalue weighted by atomic mass is 9.87. The highest BCUT2D eigenvalue weighted by Gasteiger charge is 2.46. The molecule has 1 aliphatic carbocycles. The number of carbonyl (C=O) groups is 1. The molecule has 2 N–H and O–H groups in total. The lowest BCUT2D eigenvalue weighted by molar-refractivity contribution is -0.204. The molecule has 3 unspecified atom stereocenters. The molecule has 2 aliphatic heterocycles. The first-order valence-electron chi connectivity index (χ1n) is 15.3. The third-order valence-corrected chi connectivity index (χ3v) is 8.28. The van der Waals surface area contributed by atoms with E-state index in [1.807, 2.05) is 6.92 Å². The molecule has 1 saturated carbocycles. The molecule has 0 spiro atoms. The van der Waals surface area contributed by atoms with Gasteiger partial charge in [0.2, 0.25) is 0 Å². The molecule has 2 heterocycles. The molecular formula is C30H50F2O7. The largest absolute Gasteiger partial charge is 0.481 e. The van der Waals surface area contributed by atoms with Gasteiger partial charge in [0, 0.05) is 38.4 Å². The number of hydrogen-bond donors (Lipinski definition) is 2. The standard InChI is InChI=1S/C30H50F2O7/c1-2-3-18-30(31,32)26(33)17-16-23-22(12-6-4-5-7-13-27(34)35)24(38-28-14-8-10-19-36-28)21-25(23)39-29-15-9-11-20-37-29/h16-17,22-26,28-29,33H,2-15,18-21H2,1H3,(H,34,35)/b17-16+/t22-,23-,24+,25-,26?,28?,29?/m1/s1. The lowest BCUT2D eigenvalue weighted by Gasteiger charge is -2.30. The van der Waals surface area contributed by atoms with E-state index < -0.39 is 18.0 Å². The average molecular weight is 561 g/mol. The van der Waals surface area contributed by atoms with Gasteiger partial charge in [0.25, 0.3) is 5.92 Å². The summed E-state index contributed by atoms with van der Waals surface area (Å²) in [5, 5.41) is 19.3. The second kappa shape index (κ2) is 17.0. The van der Waals surface area contributed by atoms with E-state index >= 15 is 0 Å². The van der Waals surface area contributed by atoms with Crippen molar-refractivity contribution in [3.63, 3.8) is 0 Å². The second-order valence-corrected chi connectivity index (χ2v) is 11.5. The monoisotopic (exact) mass is 560 g/mol. The molecule has 7 nitrogen and oxygen atoms in total. The Bertz CT molecular complexity index is 722. The van der Waals surface area contributed by atoms with E-state index in [4.69, 9.17) is 24.1 Å². The number of rotatable bonds is 17. The zero-order chi connectivity index (χ0) is 28.1. The molecule has 3 aliphatic rings. The fraction of sp³-hybridized carbons (Fsp3) is 0.900. The van der Waals surface area contributed by atoms with Crippen LogP contribution in [0.1, 0.15) is 110 Å². The molecule has 0 amide bonds. The van der Waals surface area contributed by atoms with Gasteiger partial charge in [0.05, 0.1) is 12.2 Å². The van der Waals surface area contributed by atoms with Crippen molar-refractivity contribution in [2.75, 3.05) is 13.2 Å². The zero-order valence-electron chi connectivity index (χ0n) is 23.6. The number of ether oxygens (including phenoxy) is 4. The summed E-state index contributed by atoms with van der Waals surface area (Å²) in [5.41, 5.74) is 0. The minimum atomic E-state index is -3.18. The first-order valence-corrected chi connectivity index (χ1v) is 15.3. The van der Waals surface area contributed by atoms with E-state index in [1.54, 1.807) is 6.08 Å². The number of hydrogen-bond acceptors (Lipinski definition) is 6. The molecule has 2 saturated heterocycles. The number of carboxylic acid groups (broad SMARTS) is 1. The summed E-state index contributed by atoms with van der Waals surface area (Å²) in [6, 6.07) is 0. The van der Waals surface area contributed by atoms with Crippen LogP contribution in [0.3, 0.4) is 0 Å². The van der Waals surface area contributed by atoms with Gasteiger partial charge in [-0.25, -0.2) is 8.78 Å². The molecule has 7 atom stereocenters. The smallest absolute Gasteiger partial charge is 0.303 e. The summed E-state index contributed by atoms with van der Waals surface area (Å²) in [4.78, 5) is 10.8. The van der Waals surface area contributed by atoms with Gasteiger partial charge in [-0.15, -0.1) is 0 Å². The van der Waals surface area contributed by atoms with Crippen LogP contribution in [-0.2, 0) is 23.7 Å². The maximum atomic E-state index is 14.6. The molecule has 0 aromatic carbocycles. The van der Waals surface area contributed by atoms with Gasteiger partial charge in [-0.1, -0.05) is 44.8 Å². The first kappa shape index (κ1) is 32.4. The van der Waals surface area contributed by atoms with Gasteiger partial charge in [-0.3, -0.25) is 4.79 Å². The molecular weight excluding hydrogens is 510 g/mol. The van der Waals surface area contributed by atoms with Crippen molar-refractivity contribution in [1.82, 2.24) is 0 Å². The van der Waals surface area contributed by atoms with Crippen molar-refractivity contribution in [3.8, 4) is 0 Å². The minimum absolute atomic E-state index is 0.0105. The van der Waals surface area contributed by atoms with Crippen LogP contribution in [-0.4, -0.2) is 66.2 Å². The summed E-state index contributed by atoms with van der Waals surface area (Å²) < 4.78 is 53.8. The number of alkyl halides is 2. The van der Waals surface area contributed by atoms with Gasteiger partial charge >= 0.3 is 5.97 Å². The predicted octanol–water partition coefficient (Wildman–Crippen LogP) is 6.61. The topological polar surface area (TPSA) is 94.5 Å². The Balaban J connectivity index is 1.74. The van der Waals surface area contributed by atoms with E-state index in [0.29, 0.717) is 38.9 Å². The van der Waals surface area contributed by atoms with Crippen molar-refractivity contribution in [2.45, 2.75) is 146 Å². The van der Waals surface area contributed by atoms with E-state index in [2.05, 4.69) is 0 Å². The molecule has 39 heavy (non-hydrogen) atoms. The number of aliphatic hydroxyl groups is 1. The van der Waals surface area contributed by atoms with Crippen molar-refractivity contribution in [1.29, 1.82) is 0 Å². The summed E-state index contributed by atoms with van der Waals surface area (Å²) in [5.74, 6) is -4.16. The average Bonchev–Trinajstić information content (AvgIpc) is 3.23. The van der Waals surface area contributed by atoms with Gasteiger partial charge in [0.1, 0.15) is 6.10 Å². The Morgan fingerprint density at radius 3 is 2.21 bits per heavy atom. The summed E-state index contributed by atoms with van der Waals surface area (Å²) in [6.07, 6.45) is 11.3. The number of halogens is 2. The first-order chi connectivity index (χ1) is 18.8. The fourth-order valence-corrected chi connectivity index (χ4v) is 6.00. The molecule has 0 aromatic heterocycles. The summed E-state index contributed by atoms with van der Waals surface area (Å²) in [6.45, 7) is 3.17. The highest BCUT2D eigenvalue weighted by molar-refractivity contribution is 5.66. The molecule has 9 heteroatoms. The van der Waals surface area contributed by atoms with Crippen LogP contribution >= 0.6 is 0 Å². The summed E-state index contributed by atoms with van der Waals surface area (Å²) in [7, 11) is 0. The van der Waals surface area contributed by atoms with Gasteiger partial charge in [-0.2, -0.15) is 0 Å². The third-order valence-electron chi connectivity index (χ3n) is 8.28. The maximum Gasteiger partial charge on any atom is 0.303 e. The van der Waals surface area contributed by atoms with E-state index in [-0.39, 0.29) is 49.5 Å². The van der Waals surface area contributed by atoms with Crippen molar-refractivity contribution >= 4 is 5.97 Å². The Morgan fingerprint density at radius 1 is 0.974 bits per heavy atom. The summed E-state index contributed by atoms with van der Waals surface area (Å²) >= 11 is 0. The van der Waals surface area contributed by atoms with Crippen LogP contribution in [0, 0.1) is 11.8 Å². The molecule has 0 bridgehead atoms. The number of aliphatic hydroxyl groups excluding tert-OH is 1. The molecule has 3 rings (SSSR count). The van der Waals surface area contributed by atoms with Crippen LogP contribution in [0.2, 0.25) is 0 Å². The Hall–Kier alpha value is -1.13. The van der Waals surface area contributed by atoms with E-state index in [9.17, 15) is 18.7 Å². The van der Waals surface area contributed by atoms with Crippen LogP contribution < -0.4 is 0 Å². The maximum absolute atomic E-state index is 14.6. The van der Waals surface area contributed by atoms with Crippen LogP contribution in [0.15, 0.2) is 12.2 Å². The molecule has 0 radical (unpaired) electrons. The Labute approximate surface area is 232 Å². The number of aliphatic carboxylic acids is 1. The predicted molar refractivity (Wildman–Crippen MR) is 143 cm³/mol.